The van der Waals surface area contributed by atoms with E-state index in [0.717, 1.165) is 17.3 Å². The van der Waals surface area contributed by atoms with E-state index < -0.39 is 0 Å². The van der Waals surface area contributed by atoms with Crippen molar-refractivity contribution in [3.05, 3.63) is 53.6 Å². The Kier molecular flexibility index (Phi) is 5.02. The van der Waals surface area contributed by atoms with Gasteiger partial charge in [-0.25, -0.2) is 0 Å². The number of hydrogen-bond acceptors (Lipinski definition) is 2. The minimum Gasteiger partial charge on any atom is -0.506 e. The predicted molar refractivity (Wildman–Crippen MR) is 94.9 cm³/mol. The van der Waals surface area contributed by atoms with E-state index in [1.54, 1.807) is 6.21 Å². The van der Waals surface area contributed by atoms with Crippen LogP contribution in [0.4, 0.5) is 5.69 Å². The number of phenolic OH excluding ortho intramolecular Hbond substituents is 1. The molecule has 92 valence electrons. The lowest BCUT2D eigenvalue weighted by Crippen LogP contribution is -1.86. The maximum atomic E-state index is 9.95. The van der Waals surface area contributed by atoms with Crippen LogP contribution in [0.15, 0.2) is 45.9 Å². The quantitative estimate of drug-likeness (QED) is 0.427. The molecule has 1 N–H and O–H groups in total. The Bertz CT molecular complexity index is 614. The second-order valence-corrected chi connectivity index (χ2v) is 6.78. The van der Waals surface area contributed by atoms with Crippen LogP contribution >= 0.6 is 61.1 Å². The Morgan fingerprint density at radius 1 is 1.11 bits per heavy atom. The first-order valence-corrected chi connectivity index (χ1v) is 7.99. The minimum atomic E-state index is 0.258. The van der Waals surface area contributed by atoms with E-state index in [4.69, 9.17) is 0 Å². The summed E-state index contributed by atoms with van der Waals surface area (Å²) in [5, 5.41) is 9.95. The summed E-state index contributed by atoms with van der Waals surface area (Å²) < 4.78 is 2.80. The summed E-state index contributed by atoms with van der Waals surface area (Å²) in [6, 6.07) is 11.6. The number of phenols is 1. The number of rotatable bonds is 2. The monoisotopic (exact) mass is 527 g/mol. The van der Waals surface area contributed by atoms with Gasteiger partial charge in [0.1, 0.15) is 5.75 Å². The highest BCUT2D eigenvalue weighted by Crippen LogP contribution is 2.28. The van der Waals surface area contributed by atoms with Gasteiger partial charge in [0.25, 0.3) is 0 Å². The number of nitrogens with zero attached hydrogens (tertiary/aromatic N) is 1. The Morgan fingerprint density at radius 3 is 2.56 bits per heavy atom. The average molecular weight is 528 g/mol. The second-order valence-electron chi connectivity index (χ2n) is 3.54. The largest absolute Gasteiger partial charge is 0.506 e. The number of aromatic hydroxyl groups is 1. The molecule has 0 fully saturated rings. The molecule has 0 atom stereocenters. The van der Waals surface area contributed by atoms with Crippen molar-refractivity contribution >= 4 is 73.0 Å². The topological polar surface area (TPSA) is 32.6 Å². The molecule has 0 aromatic heterocycles. The van der Waals surface area contributed by atoms with Gasteiger partial charge in [0.2, 0.25) is 0 Å². The van der Waals surface area contributed by atoms with Crippen molar-refractivity contribution in [1.29, 1.82) is 0 Å². The van der Waals surface area contributed by atoms with Crippen molar-refractivity contribution < 1.29 is 5.11 Å². The van der Waals surface area contributed by atoms with Crippen LogP contribution in [-0.2, 0) is 0 Å². The molecule has 18 heavy (non-hydrogen) atoms. The van der Waals surface area contributed by atoms with Gasteiger partial charge in [0, 0.05) is 19.8 Å². The Hall–Kier alpha value is -0.150. The molecule has 2 nitrogen and oxygen atoms in total. The zero-order chi connectivity index (χ0) is 13.1. The third-order valence-corrected chi connectivity index (χ3v) is 4.45. The summed E-state index contributed by atoms with van der Waals surface area (Å²) in [6.45, 7) is 0. The standard InChI is InChI=1S/C13H8BrI2NO/c14-9-5-8(13(18)11(16)6-9)7-17-12-4-2-1-3-10(12)15/h1-7,18H. The Labute approximate surface area is 141 Å². The van der Waals surface area contributed by atoms with Gasteiger partial charge in [-0.05, 0) is 69.4 Å². The number of halogens is 3. The minimum absolute atomic E-state index is 0.258. The summed E-state index contributed by atoms with van der Waals surface area (Å²) in [5.74, 6) is 0.258. The molecule has 0 aliphatic heterocycles. The molecule has 0 amide bonds. The third-order valence-electron chi connectivity index (χ3n) is 2.25. The van der Waals surface area contributed by atoms with Crippen molar-refractivity contribution in [3.8, 4) is 5.75 Å². The van der Waals surface area contributed by atoms with Crippen LogP contribution in [0.25, 0.3) is 0 Å². The van der Waals surface area contributed by atoms with Crippen LogP contribution in [0.5, 0.6) is 5.75 Å². The van der Waals surface area contributed by atoms with Crippen molar-refractivity contribution in [2.75, 3.05) is 0 Å². The Morgan fingerprint density at radius 2 is 1.83 bits per heavy atom. The summed E-state index contributed by atoms with van der Waals surface area (Å²) in [7, 11) is 0. The van der Waals surface area contributed by atoms with E-state index in [-0.39, 0.29) is 5.75 Å². The lowest BCUT2D eigenvalue weighted by molar-refractivity contribution is 0.470. The van der Waals surface area contributed by atoms with Crippen LogP contribution < -0.4 is 0 Å². The lowest BCUT2D eigenvalue weighted by Gasteiger charge is -2.03. The zero-order valence-corrected chi connectivity index (χ0v) is 15.0. The van der Waals surface area contributed by atoms with Gasteiger partial charge in [-0.2, -0.15) is 0 Å². The van der Waals surface area contributed by atoms with Crippen LogP contribution in [0.3, 0.4) is 0 Å². The number of hydrogen-bond donors (Lipinski definition) is 1. The smallest absolute Gasteiger partial charge is 0.137 e. The van der Waals surface area contributed by atoms with E-state index in [1.807, 2.05) is 36.4 Å². The highest BCUT2D eigenvalue weighted by atomic mass is 127. The lowest BCUT2D eigenvalue weighted by atomic mass is 10.2. The van der Waals surface area contributed by atoms with Crippen LogP contribution in [0, 0.1) is 7.14 Å². The molecule has 2 aromatic carbocycles. The van der Waals surface area contributed by atoms with E-state index in [2.05, 4.69) is 66.1 Å². The molecule has 2 rings (SSSR count). The SMILES string of the molecule is Oc1c(I)cc(Br)cc1C=Nc1ccccc1I. The van der Waals surface area contributed by atoms with Crippen LogP contribution in [0.1, 0.15) is 5.56 Å². The van der Waals surface area contributed by atoms with Gasteiger partial charge >= 0.3 is 0 Å². The molecule has 0 bridgehead atoms. The molecule has 0 saturated carbocycles. The number of para-hydroxylation sites is 1. The zero-order valence-electron chi connectivity index (χ0n) is 9.07. The second kappa shape index (κ2) is 6.33. The fraction of sp³-hybridized carbons (Fsp3) is 0. The van der Waals surface area contributed by atoms with Gasteiger partial charge in [-0.15, -0.1) is 0 Å². The molecular formula is C13H8BrI2NO. The summed E-state index contributed by atoms with van der Waals surface area (Å²) in [4.78, 5) is 4.40. The molecule has 0 aliphatic carbocycles. The van der Waals surface area contributed by atoms with E-state index in [0.29, 0.717) is 5.56 Å². The van der Waals surface area contributed by atoms with E-state index in [1.165, 1.54) is 0 Å². The first-order chi connectivity index (χ1) is 8.58. The first-order valence-electron chi connectivity index (χ1n) is 5.04. The van der Waals surface area contributed by atoms with Crippen LogP contribution in [-0.4, -0.2) is 11.3 Å². The molecule has 0 heterocycles. The fourth-order valence-electron chi connectivity index (χ4n) is 1.38. The van der Waals surface area contributed by atoms with Crippen molar-refractivity contribution in [2.24, 2.45) is 4.99 Å². The summed E-state index contributed by atoms with van der Waals surface area (Å²) in [6.07, 6.45) is 1.68. The third kappa shape index (κ3) is 3.45. The number of benzene rings is 2. The molecule has 2 aromatic rings. The number of aliphatic imine (C=N–C) groups is 1. The predicted octanol–water partition coefficient (Wildman–Crippen LogP) is 5.11. The summed E-state index contributed by atoms with van der Waals surface area (Å²) in [5.41, 5.74) is 1.60. The first kappa shape index (κ1) is 14.3. The van der Waals surface area contributed by atoms with Gasteiger partial charge in [0.15, 0.2) is 0 Å². The van der Waals surface area contributed by atoms with E-state index in [9.17, 15) is 5.11 Å². The maximum absolute atomic E-state index is 9.95. The maximum Gasteiger partial charge on any atom is 0.137 e. The van der Waals surface area contributed by atoms with E-state index >= 15 is 0 Å². The molecule has 0 spiro atoms. The highest BCUT2D eigenvalue weighted by Gasteiger charge is 2.05. The van der Waals surface area contributed by atoms with Gasteiger partial charge in [-0.3, -0.25) is 4.99 Å². The Balaban J connectivity index is 2.38. The molecule has 0 unspecified atom stereocenters. The fourth-order valence-corrected chi connectivity index (χ4v) is 3.46. The average Bonchev–Trinajstić information content (AvgIpc) is 2.33. The highest BCUT2D eigenvalue weighted by molar-refractivity contribution is 14.1. The van der Waals surface area contributed by atoms with Gasteiger partial charge in [0.05, 0.1) is 9.26 Å². The summed E-state index contributed by atoms with van der Waals surface area (Å²) >= 11 is 7.74. The van der Waals surface area contributed by atoms with Crippen molar-refractivity contribution in [1.82, 2.24) is 0 Å². The van der Waals surface area contributed by atoms with Crippen LogP contribution in [0.2, 0.25) is 0 Å². The molecule has 0 saturated heterocycles. The molecule has 0 radical (unpaired) electrons. The molecule has 0 aliphatic rings. The van der Waals surface area contributed by atoms with Gasteiger partial charge < -0.3 is 5.11 Å². The normalized spacial score (nSPS) is 11.1. The molecule has 5 heteroatoms. The van der Waals surface area contributed by atoms with Crippen molar-refractivity contribution in [2.45, 2.75) is 0 Å². The molecular weight excluding hydrogens is 520 g/mol. The van der Waals surface area contributed by atoms with Gasteiger partial charge in [-0.1, -0.05) is 28.1 Å². The van der Waals surface area contributed by atoms with Crippen molar-refractivity contribution in [3.63, 3.8) is 0 Å².